The Kier molecular flexibility index (Phi) is 2.91. The van der Waals surface area contributed by atoms with Crippen molar-refractivity contribution in [1.29, 1.82) is 0 Å². The lowest BCUT2D eigenvalue weighted by atomic mass is 10.2. The summed E-state index contributed by atoms with van der Waals surface area (Å²) in [6, 6.07) is 12.6. The summed E-state index contributed by atoms with van der Waals surface area (Å²) >= 11 is 3.41. The molecule has 0 spiro atoms. The van der Waals surface area contributed by atoms with Crippen molar-refractivity contribution >= 4 is 27.0 Å². The van der Waals surface area contributed by atoms with Gasteiger partial charge in [-0.1, -0.05) is 24.3 Å². The molecular formula is C14H11BrN2O2. The first-order chi connectivity index (χ1) is 9.16. The van der Waals surface area contributed by atoms with Crippen LogP contribution < -0.4 is 5.69 Å². The van der Waals surface area contributed by atoms with Crippen LogP contribution in [-0.4, -0.2) is 14.7 Å². The first kappa shape index (κ1) is 12.0. The molecule has 0 saturated heterocycles. The lowest BCUT2D eigenvalue weighted by Gasteiger charge is -2.05. The Bertz CT molecular complexity index is 805. The average molecular weight is 319 g/mol. The van der Waals surface area contributed by atoms with E-state index in [1.54, 1.807) is 22.8 Å². The number of aromatic nitrogens is 2. The number of benzene rings is 2. The Morgan fingerprint density at radius 3 is 2.74 bits per heavy atom. The molecule has 3 rings (SSSR count). The normalized spacial score (nSPS) is 11.0. The predicted octanol–water partition coefficient (Wildman–Crippen LogP) is 2.85. The zero-order chi connectivity index (χ0) is 13.4. The molecule has 0 radical (unpaired) electrons. The van der Waals surface area contributed by atoms with E-state index in [2.05, 4.69) is 20.9 Å². The van der Waals surface area contributed by atoms with E-state index in [0.717, 1.165) is 15.5 Å². The summed E-state index contributed by atoms with van der Waals surface area (Å²) in [5, 5.41) is 9.79. The fraction of sp³-hybridized carbons (Fsp3) is 0.0714. The van der Waals surface area contributed by atoms with Crippen LogP contribution in [0.1, 0.15) is 5.56 Å². The molecule has 0 atom stereocenters. The maximum absolute atomic E-state index is 12.0. The number of fused-ring (bicyclic) bond motifs is 1. The smallest absolute Gasteiger partial charge is 0.326 e. The van der Waals surface area contributed by atoms with Gasteiger partial charge in [-0.3, -0.25) is 4.57 Å². The van der Waals surface area contributed by atoms with Gasteiger partial charge in [-0.05, 0) is 34.1 Å². The van der Waals surface area contributed by atoms with Gasteiger partial charge < -0.3 is 10.1 Å². The fourth-order valence-corrected chi connectivity index (χ4v) is 2.57. The van der Waals surface area contributed by atoms with Gasteiger partial charge in [-0.15, -0.1) is 0 Å². The molecule has 1 aromatic heterocycles. The second kappa shape index (κ2) is 4.59. The van der Waals surface area contributed by atoms with E-state index in [1.807, 2.05) is 24.3 Å². The van der Waals surface area contributed by atoms with Crippen molar-refractivity contribution in [2.45, 2.75) is 6.54 Å². The minimum absolute atomic E-state index is 0.190. The number of para-hydroxylation sites is 2. The predicted molar refractivity (Wildman–Crippen MR) is 77.5 cm³/mol. The second-order valence-electron chi connectivity index (χ2n) is 4.28. The number of nitrogens with one attached hydrogen (secondary N) is 1. The highest BCUT2D eigenvalue weighted by molar-refractivity contribution is 9.10. The summed E-state index contributed by atoms with van der Waals surface area (Å²) in [6.07, 6.45) is 0. The summed E-state index contributed by atoms with van der Waals surface area (Å²) in [5.41, 5.74) is 2.10. The highest BCUT2D eigenvalue weighted by Crippen LogP contribution is 2.23. The van der Waals surface area contributed by atoms with Crippen molar-refractivity contribution < 1.29 is 5.11 Å². The number of phenolic OH excluding ortho intramolecular Hbond substituents is 1. The zero-order valence-corrected chi connectivity index (χ0v) is 11.5. The molecule has 0 bridgehead atoms. The van der Waals surface area contributed by atoms with Gasteiger partial charge in [0.15, 0.2) is 0 Å². The number of rotatable bonds is 2. The van der Waals surface area contributed by atoms with E-state index in [9.17, 15) is 9.90 Å². The number of halogens is 1. The van der Waals surface area contributed by atoms with Crippen molar-refractivity contribution in [3.63, 3.8) is 0 Å². The standard InChI is InChI=1S/C14H11BrN2O2/c15-10-5-3-6-11-13(10)16-14(19)17(11)8-9-4-1-2-7-12(9)18/h1-7,18H,8H2,(H,16,19). The molecule has 1 heterocycles. The summed E-state index contributed by atoms with van der Waals surface area (Å²) in [6.45, 7) is 0.335. The topological polar surface area (TPSA) is 58.0 Å². The van der Waals surface area contributed by atoms with Crippen LogP contribution in [0.5, 0.6) is 5.75 Å². The fourth-order valence-electron chi connectivity index (χ4n) is 2.12. The average Bonchev–Trinajstić information content (AvgIpc) is 2.71. The van der Waals surface area contributed by atoms with Crippen LogP contribution in [0, 0.1) is 0 Å². The second-order valence-corrected chi connectivity index (χ2v) is 5.13. The summed E-state index contributed by atoms with van der Waals surface area (Å²) in [5.74, 6) is 0.193. The molecular weight excluding hydrogens is 308 g/mol. The Morgan fingerprint density at radius 1 is 1.16 bits per heavy atom. The van der Waals surface area contributed by atoms with E-state index in [0.29, 0.717) is 12.1 Å². The summed E-state index contributed by atoms with van der Waals surface area (Å²) in [7, 11) is 0. The molecule has 19 heavy (non-hydrogen) atoms. The Balaban J connectivity index is 2.16. The molecule has 0 amide bonds. The van der Waals surface area contributed by atoms with Gasteiger partial charge in [0.05, 0.1) is 17.6 Å². The van der Waals surface area contributed by atoms with Gasteiger partial charge in [0.1, 0.15) is 5.75 Å². The van der Waals surface area contributed by atoms with Gasteiger partial charge in [-0.2, -0.15) is 0 Å². The van der Waals surface area contributed by atoms with Crippen LogP contribution in [0.25, 0.3) is 11.0 Å². The molecule has 4 nitrogen and oxygen atoms in total. The summed E-state index contributed by atoms with van der Waals surface area (Å²) < 4.78 is 2.45. The molecule has 0 aliphatic rings. The molecule has 96 valence electrons. The van der Waals surface area contributed by atoms with E-state index < -0.39 is 0 Å². The number of hydrogen-bond donors (Lipinski definition) is 2. The highest BCUT2D eigenvalue weighted by Gasteiger charge is 2.10. The molecule has 0 fully saturated rings. The highest BCUT2D eigenvalue weighted by atomic mass is 79.9. The van der Waals surface area contributed by atoms with Crippen LogP contribution in [0.4, 0.5) is 0 Å². The largest absolute Gasteiger partial charge is 0.508 e. The van der Waals surface area contributed by atoms with Crippen LogP contribution >= 0.6 is 15.9 Å². The number of nitrogens with zero attached hydrogens (tertiary/aromatic N) is 1. The van der Waals surface area contributed by atoms with Crippen LogP contribution in [0.15, 0.2) is 51.7 Å². The monoisotopic (exact) mass is 318 g/mol. The number of aromatic hydroxyl groups is 1. The van der Waals surface area contributed by atoms with Gasteiger partial charge in [-0.25, -0.2) is 4.79 Å². The van der Waals surface area contributed by atoms with Crippen molar-refractivity contribution in [2.75, 3.05) is 0 Å². The number of phenols is 1. The lowest BCUT2D eigenvalue weighted by molar-refractivity contribution is 0.466. The maximum Gasteiger partial charge on any atom is 0.326 e. The third-order valence-corrected chi connectivity index (χ3v) is 3.74. The molecule has 5 heteroatoms. The Labute approximate surface area is 117 Å². The van der Waals surface area contributed by atoms with Crippen LogP contribution in [0.3, 0.4) is 0 Å². The quantitative estimate of drug-likeness (QED) is 0.763. The third kappa shape index (κ3) is 2.06. The van der Waals surface area contributed by atoms with E-state index >= 15 is 0 Å². The molecule has 0 unspecified atom stereocenters. The van der Waals surface area contributed by atoms with Gasteiger partial charge in [0.25, 0.3) is 0 Å². The zero-order valence-electron chi connectivity index (χ0n) is 9.93. The number of hydrogen-bond acceptors (Lipinski definition) is 2. The first-order valence-corrected chi connectivity index (χ1v) is 6.60. The molecule has 2 aromatic carbocycles. The SMILES string of the molecule is O=c1[nH]c2c(Br)cccc2n1Cc1ccccc1O. The molecule has 3 aromatic rings. The van der Waals surface area contributed by atoms with Crippen LogP contribution in [-0.2, 0) is 6.54 Å². The third-order valence-electron chi connectivity index (χ3n) is 3.08. The molecule has 0 aliphatic heterocycles. The lowest BCUT2D eigenvalue weighted by Crippen LogP contribution is -2.17. The van der Waals surface area contributed by atoms with Gasteiger partial charge in [0.2, 0.25) is 0 Å². The van der Waals surface area contributed by atoms with Crippen molar-refractivity contribution in [3.05, 3.63) is 63.0 Å². The maximum atomic E-state index is 12.0. The molecule has 0 saturated carbocycles. The van der Waals surface area contributed by atoms with Gasteiger partial charge in [0, 0.05) is 10.0 Å². The van der Waals surface area contributed by atoms with Crippen molar-refractivity contribution in [2.24, 2.45) is 0 Å². The number of H-pyrrole nitrogens is 1. The first-order valence-electron chi connectivity index (χ1n) is 5.81. The summed E-state index contributed by atoms with van der Waals surface area (Å²) in [4.78, 5) is 14.8. The molecule has 0 aliphatic carbocycles. The Hall–Kier alpha value is -2.01. The van der Waals surface area contributed by atoms with E-state index in [-0.39, 0.29) is 11.4 Å². The molecule has 2 N–H and O–H groups in total. The van der Waals surface area contributed by atoms with Crippen molar-refractivity contribution in [3.8, 4) is 5.75 Å². The minimum atomic E-state index is -0.190. The van der Waals surface area contributed by atoms with E-state index in [4.69, 9.17) is 0 Å². The van der Waals surface area contributed by atoms with Crippen LogP contribution in [0.2, 0.25) is 0 Å². The van der Waals surface area contributed by atoms with Crippen molar-refractivity contribution in [1.82, 2.24) is 9.55 Å². The van der Waals surface area contributed by atoms with E-state index in [1.165, 1.54) is 0 Å². The minimum Gasteiger partial charge on any atom is -0.508 e. The Morgan fingerprint density at radius 2 is 1.95 bits per heavy atom. The number of imidazole rings is 1. The van der Waals surface area contributed by atoms with Gasteiger partial charge >= 0.3 is 5.69 Å². The number of aromatic amines is 1.